The first-order chi connectivity index (χ1) is 14.2. The summed E-state index contributed by atoms with van der Waals surface area (Å²) in [6.45, 7) is 8.63. The van der Waals surface area contributed by atoms with E-state index in [4.69, 9.17) is 4.74 Å². The Hall–Kier alpha value is -3.61. The van der Waals surface area contributed by atoms with Crippen LogP contribution >= 0.6 is 0 Å². The zero-order valence-electron chi connectivity index (χ0n) is 17.8. The van der Waals surface area contributed by atoms with Crippen molar-refractivity contribution in [2.24, 2.45) is 0 Å². The second-order valence-electron chi connectivity index (χ2n) is 7.31. The normalized spacial score (nSPS) is 10.7. The third kappa shape index (κ3) is 4.20. The first-order valence-electron chi connectivity index (χ1n) is 9.61. The lowest BCUT2D eigenvalue weighted by Gasteiger charge is -2.11. The van der Waals surface area contributed by atoms with Gasteiger partial charge in [0.2, 0.25) is 5.78 Å². The van der Waals surface area contributed by atoms with Crippen LogP contribution < -0.4 is 10.2 Å². The second-order valence-corrected chi connectivity index (χ2v) is 7.31. The lowest BCUT2D eigenvalue weighted by atomic mass is 10.1. The van der Waals surface area contributed by atoms with E-state index in [9.17, 15) is 14.4 Å². The number of H-pyrrole nitrogens is 1. The molecule has 0 saturated carbocycles. The molecule has 0 aliphatic heterocycles. The summed E-state index contributed by atoms with van der Waals surface area (Å²) in [5, 5.41) is 0. The maximum Gasteiger partial charge on any atom is 0.270 e. The van der Waals surface area contributed by atoms with Crippen LogP contribution in [0.4, 0.5) is 0 Å². The van der Waals surface area contributed by atoms with Gasteiger partial charge in [-0.1, -0.05) is 0 Å². The van der Waals surface area contributed by atoms with Gasteiger partial charge in [0, 0.05) is 28.2 Å². The Balaban J connectivity index is 1.64. The number of amides is 1. The van der Waals surface area contributed by atoms with E-state index in [1.165, 1.54) is 6.92 Å². The summed E-state index contributed by atoms with van der Waals surface area (Å²) in [5.74, 6) is -0.0981. The third-order valence-electron chi connectivity index (χ3n) is 5.04. The van der Waals surface area contributed by atoms with E-state index in [-0.39, 0.29) is 24.1 Å². The van der Waals surface area contributed by atoms with Gasteiger partial charge in [-0.25, -0.2) is 0 Å². The van der Waals surface area contributed by atoms with Gasteiger partial charge in [0.1, 0.15) is 5.75 Å². The smallest absolute Gasteiger partial charge is 0.270 e. The van der Waals surface area contributed by atoms with Gasteiger partial charge in [0.25, 0.3) is 5.91 Å². The molecule has 3 rings (SSSR count). The molecule has 0 fully saturated rings. The van der Waals surface area contributed by atoms with Gasteiger partial charge >= 0.3 is 0 Å². The number of hydrogen-bond donors (Lipinski definition) is 2. The average molecular weight is 407 g/mol. The first-order valence-corrected chi connectivity index (χ1v) is 9.61. The number of nitrogens with one attached hydrogen (secondary N) is 2. The van der Waals surface area contributed by atoms with Crippen LogP contribution in [0.1, 0.15) is 60.8 Å². The Morgan fingerprint density at radius 1 is 0.967 bits per heavy atom. The van der Waals surface area contributed by atoms with Crippen LogP contribution in [0.3, 0.4) is 0 Å². The fourth-order valence-electron chi connectivity index (χ4n) is 3.49. The number of ketones is 2. The fourth-order valence-corrected chi connectivity index (χ4v) is 3.49. The Kier molecular flexibility index (Phi) is 5.91. The van der Waals surface area contributed by atoms with Crippen LogP contribution in [-0.2, 0) is 0 Å². The summed E-state index contributed by atoms with van der Waals surface area (Å²) >= 11 is 0. The number of hydrogen-bond acceptors (Lipinski definition) is 4. The summed E-state index contributed by atoms with van der Waals surface area (Å²) in [4.78, 5) is 39.7. The second kappa shape index (κ2) is 8.41. The molecule has 0 radical (unpaired) electrons. The minimum absolute atomic E-state index is 0.0830. The molecule has 30 heavy (non-hydrogen) atoms. The van der Waals surface area contributed by atoms with Gasteiger partial charge < -0.3 is 9.72 Å². The number of nitrogens with zero attached hydrogens (tertiary/aromatic N) is 1. The summed E-state index contributed by atoms with van der Waals surface area (Å²) < 4.78 is 7.30. The maximum absolute atomic E-state index is 12.5. The third-order valence-corrected chi connectivity index (χ3v) is 5.04. The predicted octanol–water partition coefficient (Wildman–Crippen LogP) is 3.90. The van der Waals surface area contributed by atoms with E-state index in [1.54, 1.807) is 42.8 Å². The number of Topliss-reactive ketones (excluding diaryl/α,β-unsaturated/α-hetero) is 2. The van der Waals surface area contributed by atoms with Crippen molar-refractivity contribution in [2.75, 3.05) is 12.0 Å². The van der Waals surface area contributed by atoms with Gasteiger partial charge in [-0.3, -0.25) is 24.5 Å². The van der Waals surface area contributed by atoms with Crippen LogP contribution in [-0.4, -0.2) is 33.7 Å². The van der Waals surface area contributed by atoms with Crippen LogP contribution in [0.25, 0.3) is 0 Å². The molecular formula is C23H25N3O4. The highest BCUT2D eigenvalue weighted by Crippen LogP contribution is 2.20. The van der Waals surface area contributed by atoms with Crippen molar-refractivity contribution in [3.8, 4) is 5.75 Å². The van der Waals surface area contributed by atoms with Gasteiger partial charge in [0.15, 0.2) is 12.4 Å². The topological polar surface area (TPSA) is 93.2 Å². The molecule has 1 amide bonds. The molecule has 0 atom stereocenters. The number of benzene rings is 1. The highest BCUT2D eigenvalue weighted by molar-refractivity contribution is 6.03. The molecule has 156 valence electrons. The molecule has 0 aliphatic rings. The van der Waals surface area contributed by atoms with Crippen LogP contribution in [0.2, 0.25) is 0 Å². The van der Waals surface area contributed by atoms with Crippen molar-refractivity contribution in [3.63, 3.8) is 0 Å². The monoisotopic (exact) mass is 407 g/mol. The number of carbonyl (C=O) groups excluding carboxylic acids is 3. The fraction of sp³-hybridized carbons (Fsp3) is 0.261. The van der Waals surface area contributed by atoms with Crippen molar-refractivity contribution < 1.29 is 19.1 Å². The van der Waals surface area contributed by atoms with Gasteiger partial charge in [-0.2, -0.15) is 0 Å². The van der Waals surface area contributed by atoms with Crippen LogP contribution in [0.15, 0.2) is 36.4 Å². The molecular weight excluding hydrogens is 382 g/mol. The molecule has 7 nitrogen and oxygen atoms in total. The molecule has 3 aromatic rings. The molecule has 0 bridgehead atoms. The predicted molar refractivity (Wildman–Crippen MR) is 114 cm³/mol. The number of ether oxygens (including phenoxy) is 1. The number of aromatic nitrogens is 2. The first kappa shape index (κ1) is 21.1. The van der Waals surface area contributed by atoms with E-state index in [0.717, 1.165) is 11.4 Å². The average Bonchev–Trinajstić information content (AvgIpc) is 3.18. The number of rotatable bonds is 7. The SMILES string of the molecule is CC(=O)c1c(C)[nH]c(C(=O)COc2ccc(C(=O)Nn3c(C)ccc3C)cc2)c1C. The zero-order chi connectivity index (χ0) is 22.0. The van der Waals surface area contributed by atoms with Gasteiger partial charge in [0.05, 0.1) is 5.69 Å². The molecule has 1 aromatic carbocycles. The van der Waals surface area contributed by atoms with E-state index >= 15 is 0 Å². The molecule has 7 heteroatoms. The largest absolute Gasteiger partial charge is 0.485 e. The molecule has 2 aromatic heterocycles. The molecule has 0 spiro atoms. The highest BCUT2D eigenvalue weighted by atomic mass is 16.5. The molecule has 0 aliphatic carbocycles. The van der Waals surface area contributed by atoms with Crippen molar-refractivity contribution in [2.45, 2.75) is 34.6 Å². The Morgan fingerprint density at radius 2 is 1.57 bits per heavy atom. The molecule has 0 unspecified atom stereocenters. The van der Waals surface area contributed by atoms with Crippen molar-refractivity contribution in [3.05, 3.63) is 75.9 Å². The summed E-state index contributed by atoms with van der Waals surface area (Å²) in [7, 11) is 0. The van der Waals surface area contributed by atoms with Gasteiger partial charge in [-0.15, -0.1) is 0 Å². The minimum atomic E-state index is -0.247. The number of aromatic amines is 1. The number of aryl methyl sites for hydroxylation is 3. The van der Waals surface area contributed by atoms with E-state index in [2.05, 4.69) is 10.4 Å². The van der Waals surface area contributed by atoms with E-state index in [1.807, 2.05) is 26.0 Å². The van der Waals surface area contributed by atoms with Crippen molar-refractivity contribution in [1.82, 2.24) is 9.66 Å². The zero-order valence-corrected chi connectivity index (χ0v) is 17.8. The lowest BCUT2D eigenvalue weighted by molar-refractivity contribution is 0.0915. The standard InChI is InChI=1S/C23H25N3O4/c1-13-6-7-14(2)26(13)25-23(29)18-8-10-19(11-9-18)30-12-20(28)22-15(3)21(17(5)27)16(4)24-22/h6-11,24H,12H2,1-5H3,(H,25,29). The maximum atomic E-state index is 12.5. The summed E-state index contributed by atoms with van der Waals surface area (Å²) in [5.41, 5.74) is 7.41. The highest BCUT2D eigenvalue weighted by Gasteiger charge is 2.20. The minimum Gasteiger partial charge on any atom is -0.485 e. The summed E-state index contributed by atoms with van der Waals surface area (Å²) in [6, 6.07) is 10.4. The van der Waals surface area contributed by atoms with Crippen molar-refractivity contribution in [1.29, 1.82) is 0 Å². The Morgan fingerprint density at radius 3 is 2.10 bits per heavy atom. The van der Waals surface area contributed by atoms with E-state index in [0.29, 0.717) is 33.8 Å². The van der Waals surface area contributed by atoms with Gasteiger partial charge in [-0.05, 0) is 76.6 Å². The molecule has 0 saturated heterocycles. The van der Waals surface area contributed by atoms with Crippen LogP contribution in [0.5, 0.6) is 5.75 Å². The molecule has 2 N–H and O–H groups in total. The molecule has 2 heterocycles. The van der Waals surface area contributed by atoms with Crippen LogP contribution in [0, 0.1) is 27.7 Å². The van der Waals surface area contributed by atoms with Crippen molar-refractivity contribution >= 4 is 17.5 Å². The lowest BCUT2D eigenvalue weighted by Crippen LogP contribution is -2.24. The number of carbonyl (C=O) groups is 3. The Bertz CT molecular complexity index is 1100. The quantitative estimate of drug-likeness (QED) is 0.581. The Labute approximate surface area is 175 Å². The summed E-state index contributed by atoms with van der Waals surface area (Å²) in [6.07, 6.45) is 0. The van der Waals surface area contributed by atoms with E-state index < -0.39 is 0 Å².